The zero-order valence-corrected chi connectivity index (χ0v) is 12.3. The summed E-state index contributed by atoms with van der Waals surface area (Å²) in [6.07, 6.45) is 4.16. The third-order valence-electron chi connectivity index (χ3n) is 4.06. The first-order valence-electron chi connectivity index (χ1n) is 6.86. The molecule has 0 aromatic heterocycles. The van der Waals surface area contributed by atoms with Crippen LogP contribution in [0.25, 0.3) is 0 Å². The van der Waals surface area contributed by atoms with Crippen LogP contribution in [0.5, 0.6) is 17.2 Å². The fraction of sp³-hybridized carbons (Fsp3) is 0.412. The van der Waals surface area contributed by atoms with E-state index in [4.69, 9.17) is 4.74 Å². The fourth-order valence-electron chi connectivity index (χ4n) is 2.96. The number of rotatable bonds is 3. The molecule has 1 aromatic rings. The summed E-state index contributed by atoms with van der Waals surface area (Å²) in [7, 11) is 1.51. The van der Waals surface area contributed by atoms with Crippen molar-refractivity contribution in [1.29, 1.82) is 0 Å². The quantitative estimate of drug-likeness (QED) is 0.815. The van der Waals surface area contributed by atoms with E-state index in [-0.39, 0.29) is 23.3 Å². The number of benzene rings is 1. The van der Waals surface area contributed by atoms with Crippen LogP contribution in [0.4, 0.5) is 0 Å². The van der Waals surface area contributed by atoms with Gasteiger partial charge in [-0.1, -0.05) is 23.8 Å². The van der Waals surface area contributed by atoms with Crippen LogP contribution >= 0.6 is 0 Å². The molecule has 0 bridgehead atoms. The maximum atomic E-state index is 10.2. The van der Waals surface area contributed by atoms with Crippen molar-refractivity contribution in [3.63, 3.8) is 0 Å². The Morgan fingerprint density at radius 3 is 2.40 bits per heavy atom. The lowest BCUT2D eigenvalue weighted by molar-refractivity contribution is 0.383. The van der Waals surface area contributed by atoms with Gasteiger partial charge in [0.25, 0.3) is 0 Å². The molecule has 2 N–H and O–H groups in total. The Bertz CT molecular complexity index is 534. The highest BCUT2D eigenvalue weighted by Gasteiger charge is 2.30. The molecule has 3 heteroatoms. The third-order valence-corrected chi connectivity index (χ3v) is 4.06. The van der Waals surface area contributed by atoms with Crippen molar-refractivity contribution in [3.8, 4) is 17.2 Å². The number of ether oxygens (including phenoxy) is 1. The van der Waals surface area contributed by atoms with Crippen LogP contribution < -0.4 is 4.74 Å². The van der Waals surface area contributed by atoms with E-state index in [0.717, 1.165) is 18.4 Å². The van der Waals surface area contributed by atoms with E-state index >= 15 is 0 Å². The third kappa shape index (κ3) is 2.67. The molecule has 0 saturated heterocycles. The minimum atomic E-state index is -0.0350. The van der Waals surface area contributed by atoms with Gasteiger partial charge in [0.2, 0.25) is 0 Å². The Morgan fingerprint density at radius 2 is 1.90 bits per heavy atom. The highest BCUT2D eigenvalue weighted by atomic mass is 16.5. The number of hydrogen-bond acceptors (Lipinski definition) is 3. The molecule has 3 nitrogen and oxygen atoms in total. The molecule has 1 aliphatic rings. The van der Waals surface area contributed by atoms with Crippen LogP contribution in [0, 0.1) is 5.92 Å². The Balaban J connectivity index is 2.52. The van der Waals surface area contributed by atoms with Crippen LogP contribution in [-0.4, -0.2) is 17.3 Å². The lowest BCUT2D eigenvalue weighted by Crippen LogP contribution is -2.17. The summed E-state index contributed by atoms with van der Waals surface area (Å²) < 4.78 is 5.06. The molecule has 0 saturated carbocycles. The van der Waals surface area contributed by atoms with E-state index in [2.05, 4.69) is 19.6 Å². The van der Waals surface area contributed by atoms with E-state index in [9.17, 15) is 10.2 Å². The summed E-state index contributed by atoms with van der Waals surface area (Å²) in [5.74, 6) is 0.802. The predicted molar refractivity (Wildman–Crippen MR) is 80.4 cm³/mol. The summed E-state index contributed by atoms with van der Waals surface area (Å²) in [5.41, 5.74) is 2.92. The van der Waals surface area contributed by atoms with Crippen LogP contribution in [-0.2, 0) is 0 Å². The number of phenols is 2. The van der Waals surface area contributed by atoms with Crippen molar-refractivity contribution in [3.05, 3.63) is 41.5 Å². The first-order valence-corrected chi connectivity index (χ1v) is 6.86. The van der Waals surface area contributed by atoms with Crippen molar-refractivity contribution >= 4 is 0 Å². The predicted octanol–water partition coefficient (Wildman–Crippen LogP) is 4.12. The summed E-state index contributed by atoms with van der Waals surface area (Å²) in [5, 5.41) is 20.5. The van der Waals surface area contributed by atoms with Gasteiger partial charge in [-0.15, -0.1) is 0 Å². The second-order valence-corrected chi connectivity index (χ2v) is 5.61. The normalized spacial score (nSPS) is 22.2. The molecule has 2 rings (SSSR count). The average Bonchev–Trinajstić information content (AvgIpc) is 2.37. The summed E-state index contributed by atoms with van der Waals surface area (Å²) in [4.78, 5) is 0. The number of aromatic hydroxyl groups is 2. The number of phenolic OH excluding ortho intramolecular Hbond substituents is 2. The standard InChI is InChI=1S/C17H22O3/c1-10(2)13-6-5-11(3)7-14(13)17-15(18)8-12(20-4)9-16(17)19/h7-9,13-14,18-19H,1,5-6H2,2-4H3/t13?,14-/m0/s1. The van der Waals surface area contributed by atoms with Gasteiger partial charge in [0.15, 0.2) is 0 Å². The molecule has 0 fully saturated rings. The molecule has 108 valence electrons. The lowest BCUT2D eigenvalue weighted by Gasteiger charge is -2.31. The molecule has 0 heterocycles. The summed E-state index contributed by atoms with van der Waals surface area (Å²) in [6.45, 7) is 8.14. The van der Waals surface area contributed by atoms with E-state index in [1.54, 1.807) is 12.1 Å². The van der Waals surface area contributed by atoms with Gasteiger partial charge in [0.1, 0.15) is 17.2 Å². The summed E-state index contributed by atoms with van der Waals surface area (Å²) >= 11 is 0. The van der Waals surface area contributed by atoms with Gasteiger partial charge in [-0.3, -0.25) is 0 Å². The molecule has 0 radical (unpaired) electrons. The average molecular weight is 274 g/mol. The van der Waals surface area contributed by atoms with Crippen LogP contribution in [0.1, 0.15) is 38.2 Å². The molecular weight excluding hydrogens is 252 g/mol. The molecule has 20 heavy (non-hydrogen) atoms. The van der Waals surface area contributed by atoms with E-state index in [1.165, 1.54) is 12.7 Å². The molecule has 0 spiro atoms. The molecule has 1 aliphatic carbocycles. The second-order valence-electron chi connectivity index (χ2n) is 5.61. The molecule has 0 amide bonds. The molecule has 1 unspecified atom stereocenters. The van der Waals surface area contributed by atoms with Crippen molar-refractivity contribution in [2.24, 2.45) is 5.92 Å². The molecule has 1 aromatic carbocycles. The van der Waals surface area contributed by atoms with Crippen molar-refractivity contribution in [1.82, 2.24) is 0 Å². The zero-order chi connectivity index (χ0) is 14.9. The first-order chi connectivity index (χ1) is 9.43. The Morgan fingerprint density at radius 1 is 1.30 bits per heavy atom. The van der Waals surface area contributed by atoms with Crippen LogP contribution in [0.2, 0.25) is 0 Å². The first kappa shape index (κ1) is 14.5. The van der Waals surface area contributed by atoms with E-state index in [1.807, 2.05) is 6.92 Å². The Kier molecular flexibility index (Phi) is 4.07. The number of methoxy groups -OCH3 is 1. The molecule has 2 atom stereocenters. The number of hydrogen-bond donors (Lipinski definition) is 2. The van der Waals surface area contributed by atoms with Gasteiger partial charge in [-0.25, -0.2) is 0 Å². The van der Waals surface area contributed by atoms with Gasteiger partial charge >= 0.3 is 0 Å². The van der Waals surface area contributed by atoms with Gasteiger partial charge in [-0.2, -0.15) is 0 Å². The van der Waals surface area contributed by atoms with Gasteiger partial charge in [0.05, 0.1) is 7.11 Å². The maximum Gasteiger partial charge on any atom is 0.126 e. The van der Waals surface area contributed by atoms with E-state index < -0.39 is 0 Å². The highest BCUT2D eigenvalue weighted by Crippen LogP contribution is 2.47. The molecular formula is C17H22O3. The monoisotopic (exact) mass is 274 g/mol. The van der Waals surface area contributed by atoms with Crippen molar-refractivity contribution < 1.29 is 14.9 Å². The maximum absolute atomic E-state index is 10.2. The second kappa shape index (κ2) is 5.61. The summed E-state index contributed by atoms with van der Waals surface area (Å²) in [6, 6.07) is 3.09. The fourth-order valence-corrected chi connectivity index (χ4v) is 2.96. The van der Waals surface area contributed by atoms with Crippen LogP contribution in [0.15, 0.2) is 35.9 Å². The Hall–Kier alpha value is -1.90. The van der Waals surface area contributed by atoms with E-state index in [0.29, 0.717) is 11.3 Å². The topological polar surface area (TPSA) is 49.7 Å². The minimum Gasteiger partial charge on any atom is -0.507 e. The molecule has 0 aliphatic heterocycles. The van der Waals surface area contributed by atoms with Crippen molar-refractivity contribution in [2.75, 3.05) is 7.11 Å². The van der Waals surface area contributed by atoms with Crippen LogP contribution in [0.3, 0.4) is 0 Å². The number of allylic oxidation sites excluding steroid dienone is 3. The zero-order valence-electron chi connectivity index (χ0n) is 12.3. The minimum absolute atomic E-state index is 0.0350. The smallest absolute Gasteiger partial charge is 0.126 e. The SMILES string of the molecule is C=C(C)C1CCC(C)=C[C@@H]1c1c(O)cc(OC)cc1O. The van der Waals surface area contributed by atoms with Gasteiger partial charge in [0, 0.05) is 23.6 Å². The highest BCUT2D eigenvalue weighted by molar-refractivity contribution is 5.53. The van der Waals surface area contributed by atoms with Crippen molar-refractivity contribution in [2.45, 2.75) is 32.6 Å². The van der Waals surface area contributed by atoms with Gasteiger partial charge in [-0.05, 0) is 32.6 Å². The van der Waals surface area contributed by atoms with Gasteiger partial charge < -0.3 is 14.9 Å². The lowest BCUT2D eigenvalue weighted by atomic mass is 9.74. The largest absolute Gasteiger partial charge is 0.507 e. The Labute approximate surface area is 120 Å².